The number of ether oxygens (including phenoxy) is 1. The summed E-state index contributed by atoms with van der Waals surface area (Å²) in [7, 11) is -4.10. The maximum atomic E-state index is 13.7. The summed E-state index contributed by atoms with van der Waals surface area (Å²) in [5.74, 6) is -0.466. The Morgan fingerprint density at radius 2 is 1.81 bits per heavy atom. The van der Waals surface area contributed by atoms with Gasteiger partial charge in [-0.25, -0.2) is 32.9 Å². The van der Waals surface area contributed by atoms with Crippen LogP contribution in [0.3, 0.4) is 0 Å². The van der Waals surface area contributed by atoms with E-state index in [4.69, 9.17) is 9.88 Å². The molecule has 3 rings (SSSR count). The number of halogens is 4. The van der Waals surface area contributed by atoms with Crippen LogP contribution in [-0.4, -0.2) is 36.2 Å². The number of rotatable bonds is 8. The van der Waals surface area contributed by atoms with Crippen molar-refractivity contribution in [1.29, 1.82) is 0 Å². The van der Waals surface area contributed by atoms with Gasteiger partial charge in [0.2, 0.25) is 10.0 Å². The molecule has 0 fully saturated rings. The van der Waals surface area contributed by atoms with Crippen molar-refractivity contribution in [2.24, 2.45) is 5.14 Å². The average molecular weight is 472 g/mol. The Balaban J connectivity index is 1.79. The molecule has 0 aliphatic carbocycles. The normalized spacial score (nSPS) is 11.8. The highest BCUT2D eigenvalue weighted by Gasteiger charge is 2.29. The summed E-state index contributed by atoms with van der Waals surface area (Å²) in [5.41, 5.74) is 0.0877. The zero-order valence-electron chi connectivity index (χ0n) is 16.1. The lowest BCUT2D eigenvalue weighted by molar-refractivity contribution is -0.153. The van der Waals surface area contributed by atoms with Crippen LogP contribution in [0.1, 0.15) is 5.56 Å². The molecule has 170 valence electrons. The highest BCUT2D eigenvalue weighted by molar-refractivity contribution is 7.89. The van der Waals surface area contributed by atoms with E-state index in [-0.39, 0.29) is 40.2 Å². The zero-order chi connectivity index (χ0) is 23.4. The van der Waals surface area contributed by atoms with E-state index in [0.29, 0.717) is 0 Å². The Morgan fingerprint density at radius 1 is 1.06 bits per heavy atom. The first kappa shape index (κ1) is 23.1. The van der Waals surface area contributed by atoms with Gasteiger partial charge in [0.25, 0.3) is 0 Å². The maximum Gasteiger partial charge on any atom is 0.422 e. The Hall–Kier alpha value is -3.52. The number of pyridine rings is 1. The smallest absolute Gasteiger partial charge is 0.422 e. The van der Waals surface area contributed by atoms with Crippen molar-refractivity contribution in [3.8, 4) is 5.75 Å². The summed E-state index contributed by atoms with van der Waals surface area (Å²) >= 11 is 0. The number of aromatic nitrogens is 3. The lowest BCUT2D eigenvalue weighted by atomic mass is 10.2. The molecule has 1 aromatic carbocycles. The van der Waals surface area contributed by atoms with E-state index in [1.165, 1.54) is 24.4 Å². The van der Waals surface area contributed by atoms with E-state index in [1.807, 2.05) is 0 Å². The molecule has 2 heterocycles. The largest absolute Gasteiger partial charge is 0.484 e. The number of sulfonamides is 1. The fourth-order valence-corrected chi connectivity index (χ4v) is 3.04. The summed E-state index contributed by atoms with van der Waals surface area (Å²) in [6.07, 6.45) is -2.04. The molecule has 9 nitrogen and oxygen atoms in total. The van der Waals surface area contributed by atoms with Crippen molar-refractivity contribution in [1.82, 2.24) is 15.0 Å². The fraction of sp³-hybridized carbons (Fsp3) is 0.167. The lowest BCUT2D eigenvalue weighted by Gasteiger charge is -2.15. The average Bonchev–Trinajstić information content (AvgIpc) is 2.72. The topological polar surface area (TPSA) is 132 Å². The van der Waals surface area contributed by atoms with Gasteiger partial charge in [-0.2, -0.15) is 13.2 Å². The Morgan fingerprint density at radius 3 is 2.50 bits per heavy atom. The van der Waals surface area contributed by atoms with Gasteiger partial charge in [-0.15, -0.1) is 0 Å². The van der Waals surface area contributed by atoms with Gasteiger partial charge >= 0.3 is 6.18 Å². The van der Waals surface area contributed by atoms with E-state index in [9.17, 15) is 26.0 Å². The number of benzene rings is 1. The molecule has 0 amide bonds. The van der Waals surface area contributed by atoms with Crippen LogP contribution in [0.15, 0.2) is 53.8 Å². The minimum absolute atomic E-state index is 0.0687. The zero-order valence-corrected chi connectivity index (χ0v) is 16.9. The molecular formula is C18H16F4N6O3S. The minimum Gasteiger partial charge on any atom is -0.484 e. The van der Waals surface area contributed by atoms with E-state index < -0.39 is 28.6 Å². The molecule has 0 aliphatic rings. The van der Waals surface area contributed by atoms with Crippen molar-refractivity contribution >= 4 is 27.5 Å². The van der Waals surface area contributed by atoms with Crippen molar-refractivity contribution in [2.75, 3.05) is 17.2 Å². The van der Waals surface area contributed by atoms with E-state index in [0.717, 1.165) is 24.5 Å². The van der Waals surface area contributed by atoms with Gasteiger partial charge in [0.05, 0.1) is 4.90 Å². The van der Waals surface area contributed by atoms with Crippen molar-refractivity contribution in [2.45, 2.75) is 17.6 Å². The lowest BCUT2D eigenvalue weighted by Crippen LogP contribution is -2.20. The van der Waals surface area contributed by atoms with Crippen LogP contribution >= 0.6 is 0 Å². The third-order valence-electron chi connectivity index (χ3n) is 3.88. The Bertz CT molecular complexity index is 1210. The van der Waals surface area contributed by atoms with Crippen molar-refractivity contribution in [3.05, 3.63) is 60.3 Å². The highest BCUT2D eigenvalue weighted by atomic mass is 32.2. The molecule has 0 spiro atoms. The first-order valence-corrected chi connectivity index (χ1v) is 10.3. The molecule has 14 heteroatoms. The molecule has 0 aliphatic heterocycles. The second-order valence-electron chi connectivity index (χ2n) is 6.32. The van der Waals surface area contributed by atoms with Gasteiger partial charge in [-0.3, -0.25) is 0 Å². The summed E-state index contributed by atoms with van der Waals surface area (Å²) < 4.78 is 79.3. The maximum absolute atomic E-state index is 13.7. The number of nitrogens with two attached hydrogens (primary N) is 1. The SMILES string of the molecule is NS(=O)(=O)c1ccc(OCC(F)(F)F)c(CNc2cc(Nc3ncccc3F)ncn2)c1. The molecule has 32 heavy (non-hydrogen) atoms. The van der Waals surface area contributed by atoms with Gasteiger partial charge in [0, 0.05) is 24.4 Å². The number of hydrogen-bond acceptors (Lipinski definition) is 8. The number of alkyl halides is 3. The number of primary sulfonamides is 1. The van der Waals surface area contributed by atoms with Crippen LogP contribution in [-0.2, 0) is 16.6 Å². The molecular weight excluding hydrogens is 456 g/mol. The van der Waals surface area contributed by atoms with Gasteiger partial charge in [-0.1, -0.05) is 0 Å². The van der Waals surface area contributed by atoms with Crippen LogP contribution in [0.25, 0.3) is 0 Å². The molecule has 0 atom stereocenters. The van der Waals surface area contributed by atoms with Crippen LogP contribution in [0.5, 0.6) is 5.75 Å². The number of nitrogens with one attached hydrogen (secondary N) is 2. The third-order valence-corrected chi connectivity index (χ3v) is 4.79. The molecule has 0 unspecified atom stereocenters. The van der Waals surface area contributed by atoms with E-state index in [1.54, 1.807) is 0 Å². The third kappa shape index (κ3) is 6.49. The molecule has 0 bridgehead atoms. The summed E-state index contributed by atoms with van der Waals surface area (Å²) in [6, 6.07) is 7.24. The second-order valence-corrected chi connectivity index (χ2v) is 7.88. The summed E-state index contributed by atoms with van der Waals surface area (Å²) in [4.78, 5) is 11.4. The number of nitrogens with zero attached hydrogens (tertiary/aromatic N) is 3. The quantitative estimate of drug-likeness (QED) is 0.427. The highest BCUT2D eigenvalue weighted by Crippen LogP contribution is 2.26. The first-order valence-electron chi connectivity index (χ1n) is 8.80. The summed E-state index contributed by atoms with van der Waals surface area (Å²) in [5, 5.41) is 10.6. The molecule has 0 saturated heterocycles. The number of anilines is 3. The molecule has 2 aromatic heterocycles. The predicted octanol–water partition coefficient (Wildman–Crippen LogP) is 2.95. The molecule has 3 aromatic rings. The van der Waals surface area contributed by atoms with Gasteiger partial charge in [0.15, 0.2) is 18.2 Å². The number of hydrogen-bond donors (Lipinski definition) is 3. The van der Waals surface area contributed by atoms with Crippen LogP contribution in [0.2, 0.25) is 0 Å². The van der Waals surface area contributed by atoms with Crippen LogP contribution in [0, 0.1) is 5.82 Å². The predicted molar refractivity (Wildman–Crippen MR) is 106 cm³/mol. The molecule has 0 radical (unpaired) electrons. The first-order chi connectivity index (χ1) is 15.0. The van der Waals surface area contributed by atoms with Crippen molar-refractivity contribution in [3.63, 3.8) is 0 Å². The minimum atomic E-state index is -4.59. The molecule has 4 N–H and O–H groups in total. The second kappa shape index (κ2) is 9.32. The van der Waals surface area contributed by atoms with Gasteiger partial charge in [0.1, 0.15) is 23.7 Å². The molecule has 0 saturated carbocycles. The van der Waals surface area contributed by atoms with Gasteiger partial charge < -0.3 is 15.4 Å². The Labute approximate surface area is 179 Å². The van der Waals surface area contributed by atoms with Gasteiger partial charge in [-0.05, 0) is 30.3 Å². The van der Waals surface area contributed by atoms with Crippen molar-refractivity contribution < 1.29 is 30.7 Å². The Kier molecular flexibility index (Phi) is 6.74. The monoisotopic (exact) mass is 472 g/mol. The standard InChI is InChI=1S/C18H16F4N6O3S/c19-13-2-1-5-24-17(13)28-16-7-15(26-10-27-16)25-8-11-6-12(32(23,29)30)3-4-14(11)31-9-18(20,21)22/h1-7,10H,8-9H2,(H2,23,29,30)(H2,24,25,26,27,28). The van der Waals surface area contributed by atoms with Crippen LogP contribution in [0.4, 0.5) is 35.0 Å². The van der Waals surface area contributed by atoms with Crippen LogP contribution < -0.4 is 20.5 Å². The van der Waals surface area contributed by atoms with E-state index >= 15 is 0 Å². The fourth-order valence-electron chi connectivity index (χ4n) is 2.48. The summed E-state index contributed by atoms with van der Waals surface area (Å²) in [6.45, 7) is -1.73. The van der Waals surface area contributed by atoms with E-state index in [2.05, 4.69) is 25.6 Å².